The van der Waals surface area contributed by atoms with Gasteiger partial charge in [-0.15, -0.1) is 0 Å². The van der Waals surface area contributed by atoms with Gasteiger partial charge in [0.15, 0.2) is 0 Å². The first-order valence-electron chi connectivity index (χ1n) is 11.7. The van der Waals surface area contributed by atoms with E-state index in [1.807, 2.05) is 37.3 Å². The Bertz CT molecular complexity index is 870. The van der Waals surface area contributed by atoms with Crippen molar-refractivity contribution in [2.24, 2.45) is 5.92 Å². The third kappa shape index (κ3) is 5.21. The highest BCUT2D eigenvalue weighted by Crippen LogP contribution is 2.32. The maximum Gasteiger partial charge on any atom is 0.251 e. The smallest absolute Gasteiger partial charge is 0.251 e. The van der Waals surface area contributed by atoms with E-state index < -0.39 is 5.92 Å². The molecule has 3 aliphatic rings. The number of nitrogens with zero attached hydrogens (tertiary/aromatic N) is 2. The second-order valence-electron chi connectivity index (χ2n) is 9.03. The quantitative estimate of drug-likeness (QED) is 0.739. The molecule has 7 nitrogen and oxygen atoms in total. The molecule has 0 aromatic heterocycles. The molecule has 1 unspecified atom stereocenters. The Balaban J connectivity index is 1.55. The first-order chi connectivity index (χ1) is 15.5. The Hall–Kier alpha value is -2.67. The molecule has 2 aliphatic heterocycles. The number of carbonyl (C=O) groups is 3. The maximum atomic E-state index is 13.4. The number of amides is 3. The van der Waals surface area contributed by atoms with E-state index in [0.29, 0.717) is 50.5 Å². The van der Waals surface area contributed by atoms with E-state index in [1.165, 1.54) is 0 Å². The van der Waals surface area contributed by atoms with Gasteiger partial charge >= 0.3 is 0 Å². The van der Waals surface area contributed by atoms with Crippen LogP contribution in [0.25, 0.3) is 0 Å². The van der Waals surface area contributed by atoms with Crippen molar-refractivity contribution in [3.63, 3.8) is 0 Å². The van der Waals surface area contributed by atoms with E-state index >= 15 is 0 Å². The lowest BCUT2D eigenvalue weighted by atomic mass is 9.88. The number of allylic oxidation sites excluding steroid dienone is 1. The van der Waals surface area contributed by atoms with Crippen LogP contribution in [0.2, 0.25) is 0 Å². The summed E-state index contributed by atoms with van der Waals surface area (Å²) in [5.41, 5.74) is 2.33. The van der Waals surface area contributed by atoms with E-state index in [0.717, 1.165) is 31.2 Å². The molecule has 0 radical (unpaired) electrons. The summed E-state index contributed by atoms with van der Waals surface area (Å²) < 4.78 is 5.39. The summed E-state index contributed by atoms with van der Waals surface area (Å²) in [6, 6.07) is 9.98. The van der Waals surface area contributed by atoms with Gasteiger partial charge in [0.25, 0.3) is 5.91 Å². The number of carbonyl (C=O) groups excluding carboxylic acids is 3. The SMILES string of the molecule is CC1=C(C(=O)N2CCOCC2)CC(CC(=O)NC2CCCC2)C(=O)N1Cc1ccccc1. The number of nitrogens with one attached hydrogen (secondary N) is 1. The predicted octanol–water partition coefficient (Wildman–Crippen LogP) is 2.62. The van der Waals surface area contributed by atoms with Crippen LogP contribution in [0, 0.1) is 5.92 Å². The zero-order chi connectivity index (χ0) is 22.5. The van der Waals surface area contributed by atoms with Gasteiger partial charge in [-0.2, -0.15) is 0 Å². The fourth-order valence-corrected chi connectivity index (χ4v) is 4.93. The monoisotopic (exact) mass is 439 g/mol. The molecule has 3 amide bonds. The number of morpholine rings is 1. The molecule has 172 valence electrons. The minimum absolute atomic E-state index is 0.0439. The molecule has 1 aromatic rings. The Morgan fingerprint density at radius 2 is 1.78 bits per heavy atom. The zero-order valence-corrected chi connectivity index (χ0v) is 18.8. The van der Waals surface area contributed by atoms with Gasteiger partial charge in [0, 0.05) is 36.8 Å². The lowest BCUT2D eigenvalue weighted by molar-refractivity contribution is -0.139. The van der Waals surface area contributed by atoms with Crippen molar-refractivity contribution < 1.29 is 19.1 Å². The highest BCUT2D eigenvalue weighted by Gasteiger charge is 2.38. The molecule has 0 spiro atoms. The highest BCUT2D eigenvalue weighted by atomic mass is 16.5. The maximum absolute atomic E-state index is 13.4. The van der Waals surface area contributed by atoms with Gasteiger partial charge in [0.2, 0.25) is 11.8 Å². The van der Waals surface area contributed by atoms with Gasteiger partial charge in [0.05, 0.1) is 25.7 Å². The lowest BCUT2D eigenvalue weighted by Gasteiger charge is -2.37. The minimum Gasteiger partial charge on any atom is -0.378 e. The highest BCUT2D eigenvalue weighted by molar-refractivity contribution is 5.98. The van der Waals surface area contributed by atoms with E-state index in [4.69, 9.17) is 4.74 Å². The normalized spacial score (nSPS) is 22.4. The van der Waals surface area contributed by atoms with Gasteiger partial charge < -0.3 is 19.9 Å². The number of rotatable bonds is 6. The Morgan fingerprint density at radius 3 is 2.47 bits per heavy atom. The molecule has 1 saturated heterocycles. The molecular weight excluding hydrogens is 406 g/mol. The lowest BCUT2D eigenvalue weighted by Crippen LogP contribution is -2.47. The van der Waals surface area contributed by atoms with Crippen molar-refractivity contribution in [3.05, 3.63) is 47.2 Å². The standard InChI is InChI=1S/C25H33N3O4/c1-18-22(25(31)27-11-13-32-14-12-27)15-20(16-23(29)26-21-9-5-6-10-21)24(30)28(18)17-19-7-3-2-4-8-19/h2-4,7-8,20-21H,5-6,9-17H2,1H3,(H,26,29). The van der Waals surface area contributed by atoms with Crippen LogP contribution in [0.4, 0.5) is 0 Å². The summed E-state index contributed by atoms with van der Waals surface area (Å²) in [5, 5.41) is 3.09. The molecule has 1 saturated carbocycles. The first-order valence-corrected chi connectivity index (χ1v) is 11.7. The summed E-state index contributed by atoms with van der Waals surface area (Å²) in [6.45, 7) is 4.40. The number of hydrogen-bond donors (Lipinski definition) is 1. The number of benzene rings is 1. The van der Waals surface area contributed by atoms with Crippen molar-refractivity contribution in [1.29, 1.82) is 0 Å². The first kappa shape index (κ1) is 22.5. The van der Waals surface area contributed by atoms with E-state index in [9.17, 15) is 14.4 Å². The van der Waals surface area contributed by atoms with Crippen LogP contribution in [-0.4, -0.2) is 59.9 Å². The fraction of sp³-hybridized carbons (Fsp3) is 0.560. The Kier molecular flexibility index (Phi) is 7.25. The van der Waals surface area contributed by atoms with Crippen molar-refractivity contribution in [1.82, 2.24) is 15.1 Å². The summed E-state index contributed by atoms with van der Waals surface area (Å²) in [4.78, 5) is 43.0. The molecule has 0 bridgehead atoms. The third-order valence-electron chi connectivity index (χ3n) is 6.80. The molecule has 2 fully saturated rings. The summed E-state index contributed by atoms with van der Waals surface area (Å²) in [6.07, 6.45) is 4.71. The van der Waals surface area contributed by atoms with Gasteiger partial charge in [-0.25, -0.2) is 0 Å². The Morgan fingerprint density at radius 1 is 1.09 bits per heavy atom. The second kappa shape index (κ2) is 10.3. The van der Waals surface area contributed by atoms with E-state index in [1.54, 1.807) is 9.80 Å². The van der Waals surface area contributed by atoms with Crippen LogP contribution in [0.3, 0.4) is 0 Å². The van der Waals surface area contributed by atoms with Gasteiger partial charge in [-0.3, -0.25) is 14.4 Å². The molecule has 1 N–H and O–H groups in total. The summed E-state index contributed by atoms with van der Waals surface area (Å²) in [5.74, 6) is -0.736. The van der Waals surface area contributed by atoms with Gasteiger partial charge in [-0.05, 0) is 31.7 Å². The van der Waals surface area contributed by atoms with Crippen LogP contribution in [-0.2, 0) is 25.7 Å². The molecule has 1 aliphatic carbocycles. The Labute approximate surface area is 189 Å². The molecule has 32 heavy (non-hydrogen) atoms. The van der Waals surface area contributed by atoms with Crippen LogP contribution < -0.4 is 5.32 Å². The third-order valence-corrected chi connectivity index (χ3v) is 6.80. The molecule has 7 heteroatoms. The van der Waals surface area contributed by atoms with Crippen LogP contribution in [0.1, 0.15) is 51.0 Å². The molecular formula is C25H33N3O4. The van der Waals surface area contributed by atoms with Crippen molar-refractivity contribution in [3.8, 4) is 0 Å². The van der Waals surface area contributed by atoms with Crippen molar-refractivity contribution in [2.45, 2.75) is 58.0 Å². The molecule has 4 rings (SSSR count). The molecule has 1 aromatic carbocycles. The van der Waals surface area contributed by atoms with Crippen molar-refractivity contribution >= 4 is 17.7 Å². The molecule has 2 heterocycles. The van der Waals surface area contributed by atoms with E-state index in [2.05, 4.69) is 5.32 Å². The van der Waals surface area contributed by atoms with Crippen LogP contribution in [0.15, 0.2) is 41.6 Å². The van der Waals surface area contributed by atoms with Gasteiger partial charge in [-0.1, -0.05) is 43.2 Å². The average molecular weight is 440 g/mol. The topological polar surface area (TPSA) is 79.0 Å². The fourth-order valence-electron chi connectivity index (χ4n) is 4.93. The molecule has 1 atom stereocenters. The second-order valence-corrected chi connectivity index (χ2v) is 9.03. The van der Waals surface area contributed by atoms with Crippen molar-refractivity contribution in [2.75, 3.05) is 26.3 Å². The largest absolute Gasteiger partial charge is 0.378 e. The minimum atomic E-state index is -0.524. The summed E-state index contributed by atoms with van der Waals surface area (Å²) in [7, 11) is 0. The van der Waals surface area contributed by atoms with Gasteiger partial charge in [0.1, 0.15) is 0 Å². The van der Waals surface area contributed by atoms with Crippen LogP contribution in [0.5, 0.6) is 0 Å². The number of hydrogen-bond acceptors (Lipinski definition) is 4. The van der Waals surface area contributed by atoms with Crippen LogP contribution >= 0.6 is 0 Å². The summed E-state index contributed by atoms with van der Waals surface area (Å²) >= 11 is 0. The average Bonchev–Trinajstić information content (AvgIpc) is 3.32. The number of ether oxygens (including phenoxy) is 1. The van der Waals surface area contributed by atoms with E-state index in [-0.39, 0.29) is 30.2 Å². The zero-order valence-electron chi connectivity index (χ0n) is 18.8. The predicted molar refractivity (Wildman–Crippen MR) is 120 cm³/mol.